The van der Waals surface area contributed by atoms with Crippen molar-refractivity contribution >= 4 is 11.6 Å². The van der Waals surface area contributed by atoms with Crippen LogP contribution in [0.15, 0.2) is 0 Å². The lowest BCUT2D eigenvalue weighted by Gasteiger charge is -1.79. The van der Waals surface area contributed by atoms with Gasteiger partial charge in [-0.15, -0.1) is 0 Å². The maximum absolute atomic E-state index is 8.29. The SMILES string of the molecule is CC(C)C.O=S=O. The molecule has 0 saturated heterocycles. The summed E-state index contributed by atoms with van der Waals surface area (Å²) in [5.74, 6) is 0.833. The zero-order chi connectivity index (χ0) is 6.28. The van der Waals surface area contributed by atoms with Gasteiger partial charge in [0.2, 0.25) is 0 Å². The van der Waals surface area contributed by atoms with Crippen LogP contribution >= 0.6 is 0 Å². The molecule has 0 radical (unpaired) electrons. The molecule has 0 aliphatic heterocycles. The van der Waals surface area contributed by atoms with E-state index in [1.54, 1.807) is 0 Å². The second-order valence-electron chi connectivity index (χ2n) is 1.80. The fourth-order valence-electron chi connectivity index (χ4n) is 0. The molecule has 0 atom stereocenters. The van der Waals surface area contributed by atoms with E-state index in [9.17, 15) is 0 Å². The van der Waals surface area contributed by atoms with Gasteiger partial charge in [0.1, 0.15) is 0 Å². The van der Waals surface area contributed by atoms with Crippen LogP contribution in [0.1, 0.15) is 20.8 Å². The molecule has 44 valence electrons. The third-order valence-corrected chi connectivity index (χ3v) is 0. The Labute approximate surface area is 47.5 Å². The topological polar surface area (TPSA) is 34.1 Å². The number of hydrogen-bond donors (Lipinski definition) is 0. The molecule has 0 unspecified atom stereocenters. The van der Waals surface area contributed by atoms with Crippen molar-refractivity contribution < 1.29 is 8.42 Å². The predicted molar refractivity (Wildman–Crippen MR) is 29.4 cm³/mol. The number of hydrogen-bond acceptors (Lipinski definition) is 2. The summed E-state index contributed by atoms with van der Waals surface area (Å²) in [6.45, 7) is 6.50. The van der Waals surface area contributed by atoms with Crippen molar-refractivity contribution in [3.8, 4) is 0 Å². The first-order valence-corrected chi connectivity index (χ1v) is 2.73. The quantitative estimate of drug-likeness (QED) is 0.480. The average molecular weight is 122 g/mol. The van der Waals surface area contributed by atoms with E-state index in [2.05, 4.69) is 20.8 Å². The summed E-state index contributed by atoms with van der Waals surface area (Å²) in [5.41, 5.74) is 0. The molecular weight excluding hydrogens is 112 g/mol. The van der Waals surface area contributed by atoms with Crippen LogP contribution in [-0.4, -0.2) is 8.42 Å². The van der Waals surface area contributed by atoms with Crippen molar-refractivity contribution in [1.29, 1.82) is 0 Å². The molecule has 0 heterocycles. The van der Waals surface area contributed by atoms with Crippen LogP contribution in [0.2, 0.25) is 0 Å². The lowest BCUT2D eigenvalue weighted by Crippen LogP contribution is -1.66. The van der Waals surface area contributed by atoms with E-state index >= 15 is 0 Å². The Morgan fingerprint density at radius 2 is 1.14 bits per heavy atom. The molecular formula is C4H10O2S. The minimum absolute atomic E-state index is 0.750. The molecule has 0 saturated carbocycles. The van der Waals surface area contributed by atoms with Crippen LogP contribution in [0.5, 0.6) is 0 Å². The molecule has 0 aromatic heterocycles. The van der Waals surface area contributed by atoms with Gasteiger partial charge in [-0.25, -0.2) is 0 Å². The highest BCUT2D eigenvalue weighted by Crippen LogP contribution is 1.81. The van der Waals surface area contributed by atoms with Gasteiger partial charge in [-0.2, -0.15) is 8.42 Å². The third-order valence-electron chi connectivity index (χ3n) is 0. The maximum atomic E-state index is 8.29. The molecule has 0 fully saturated rings. The molecule has 0 N–H and O–H groups in total. The summed E-state index contributed by atoms with van der Waals surface area (Å²) in [5, 5.41) is 0. The second-order valence-corrected chi connectivity index (χ2v) is 1.94. The lowest BCUT2D eigenvalue weighted by molar-refractivity contribution is 0.630. The summed E-state index contributed by atoms with van der Waals surface area (Å²) in [6, 6.07) is 0. The molecule has 0 aromatic carbocycles. The Balaban J connectivity index is 0. The zero-order valence-corrected chi connectivity index (χ0v) is 5.62. The van der Waals surface area contributed by atoms with E-state index in [4.69, 9.17) is 8.42 Å². The summed E-state index contributed by atoms with van der Waals surface area (Å²) in [7, 11) is 0. The van der Waals surface area contributed by atoms with Gasteiger partial charge in [0.25, 0.3) is 0 Å². The molecule has 0 aromatic rings. The van der Waals surface area contributed by atoms with Crippen molar-refractivity contribution in [3.05, 3.63) is 0 Å². The monoisotopic (exact) mass is 122 g/mol. The fraction of sp³-hybridized carbons (Fsp3) is 1.00. The van der Waals surface area contributed by atoms with Crippen LogP contribution in [0, 0.1) is 5.92 Å². The first-order valence-electron chi connectivity index (χ1n) is 2.07. The molecule has 2 nitrogen and oxygen atoms in total. The Kier molecular flexibility index (Phi) is 13.2. The molecule has 3 heteroatoms. The van der Waals surface area contributed by atoms with Gasteiger partial charge in [-0.05, 0) is 5.92 Å². The molecule has 0 amide bonds. The van der Waals surface area contributed by atoms with Gasteiger partial charge in [0.15, 0.2) is 0 Å². The first kappa shape index (κ1) is 9.94. The molecule has 0 aliphatic carbocycles. The normalized spacial score (nSPS) is 6.86. The summed E-state index contributed by atoms with van der Waals surface area (Å²) < 4.78 is 16.6. The van der Waals surface area contributed by atoms with Crippen LogP contribution < -0.4 is 0 Å². The van der Waals surface area contributed by atoms with Crippen molar-refractivity contribution in [2.75, 3.05) is 0 Å². The standard InChI is InChI=1S/C4H10.O2S/c1-4(2)3;1-3-2/h4H,1-3H3;. The van der Waals surface area contributed by atoms with Crippen molar-refractivity contribution in [2.45, 2.75) is 20.8 Å². The van der Waals surface area contributed by atoms with E-state index in [1.807, 2.05) is 0 Å². The Morgan fingerprint density at radius 1 is 1.14 bits per heavy atom. The molecule has 0 aliphatic rings. The van der Waals surface area contributed by atoms with Crippen molar-refractivity contribution in [3.63, 3.8) is 0 Å². The maximum Gasteiger partial charge on any atom is 0.335 e. The van der Waals surface area contributed by atoms with Crippen molar-refractivity contribution in [2.24, 2.45) is 5.92 Å². The Hall–Kier alpha value is -0.180. The third kappa shape index (κ3) is 2620. The highest BCUT2D eigenvalue weighted by molar-refractivity contribution is 7.51. The summed E-state index contributed by atoms with van der Waals surface area (Å²) in [4.78, 5) is 0. The van der Waals surface area contributed by atoms with E-state index < -0.39 is 11.6 Å². The Bertz CT molecular complexity index is 52.0. The lowest BCUT2D eigenvalue weighted by atomic mass is 10.3. The van der Waals surface area contributed by atoms with Gasteiger partial charge in [0, 0.05) is 0 Å². The van der Waals surface area contributed by atoms with Gasteiger partial charge >= 0.3 is 11.6 Å². The minimum atomic E-state index is -0.750. The van der Waals surface area contributed by atoms with Crippen LogP contribution in [-0.2, 0) is 11.6 Å². The van der Waals surface area contributed by atoms with Crippen LogP contribution in [0.4, 0.5) is 0 Å². The van der Waals surface area contributed by atoms with E-state index in [0.717, 1.165) is 5.92 Å². The van der Waals surface area contributed by atoms with E-state index in [-0.39, 0.29) is 0 Å². The fourth-order valence-corrected chi connectivity index (χ4v) is 0. The zero-order valence-electron chi connectivity index (χ0n) is 4.80. The van der Waals surface area contributed by atoms with Gasteiger partial charge < -0.3 is 0 Å². The van der Waals surface area contributed by atoms with E-state index in [1.165, 1.54) is 0 Å². The van der Waals surface area contributed by atoms with Gasteiger partial charge in [-0.1, -0.05) is 20.8 Å². The van der Waals surface area contributed by atoms with Gasteiger partial charge in [-0.3, -0.25) is 0 Å². The molecule has 7 heavy (non-hydrogen) atoms. The van der Waals surface area contributed by atoms with Crippen LogP contribution in [0.3, 0.4) is 0 Å². The molecule has 0 bridgehead atoms. The molecule has 0 rings (SSSR count). The van der Waals surface area contributed by atoms with Crippen molar-refractivity contribution in [1.82, 2.24) is 0 Å². The second kappa shape index (κ2) is 9.27. The minimum Gasteiger partial charge on any atom is -0.168 e. The van der Waals surface area contributed by atoms with Crippen LogP contribution in [0.25, 0.3) is 0 Å². The average Bonchev–Trinajstić information content (AvgIpc) is 1.33. The highest BCUT2D eigenvalue weighted by atomic mass is 32.1. The smallest absolute Gasteiger partial charge is 0.168 e. The van der Waals surface area contributed by atoms with E-state index in [0.29, 0.717) is 0 Å². The predicted octanol–water partition coefficient (Wildman–Crippen LogP) is 0.992. The summed E-state index contributed by atoms with van der Waals surface area (Å²) >= 11 is -0.750. The highest BCUT2D eigenvalue weighted by Gasteiger charge is 1.68. The first-order chi connectivity index (χ1) is 3.15. The largest absolute Gasteiger partial charge is 0.335 e. The summed E-state index contributed by atoms with van der Waals surface area (Å²) in [6.07, 6.45) is 0. The van der Waals surface area contributed by atoms with Gasteiger partial charge in [0.05, 0.1) is 0 Å². The number of rotatable bonds is 0. The molecule has 0 spiro atoms. The Morgan fingerprint density at radius 3 is 1.14 bits per heavy atom.